The van der Waals surface area contributed by atoms with E-state index in [2.05, 4.69) is 11.4 Å². The number of fused-ring (bicyclic) bond motifs is 1. The molecule has 0 aliphatic heterocycles. The Morgan fingerprint density at radius 2 is 1.73 bits per heavy atom. The molecule has 0 spiro atoms. The first kappa shape index (κ1) is 17.8. The van der Waals surface area contributed by atoms with Crippen molar-refractivity contribution in [2.75, 3.05) is 19.5 Å². The lowest BCUT2D eigenvalue weighted by atomic mass is 9.91. The fourth-order valence-electron chi connectivity index (χ4n) is 2.97. The Bertz CT molecular complexity index is 864. The summed E-state index contributed by atoms with van der Waals surface area (Å²) in [4.78, 5) is 12.1. The Morgan fingerprint density at radius 3 is 2.42 bits per heavy atom. The van der Waals surface area contributed by atoms with Crippen molar-refractivity contribution < 1.29 is 14.3 Å². The van der Waals surface area contributed by atoms with E-state index < -0.39 is 0 Å². The van der Waals surface area contributed by atoms with Gasteiger partial charge in [-0.1, -0.05) is 29.8 Å². The number of amides is 1. The van der Waals surface area contributed by atoms with Gasteiger partial charge in [-0.3, -0.25) is 4.79 Å². The number of anilines is 1. The third kappa shape index (κ3) is 4.14. The Hall–Kier alpha value is -3.01. The summed E-state index contributed by atoms with van der Waals surface area (Å²) in [7, 11) is 3.27. The number of hydrogen-bond donors (Lipinski definition) is 1. The van der Waals surface area contributed by atoms with E-state index in [1.165, 1.54) is 5.56 Å². The van der Waals surface area contributed by atoms with Gasteiger partial charge in [0, 0.05) is 11.8 Å². The summed E-state index contributed by atoms with van der Waals surface area (Å²) in [5, 5.41) is 2.87. The molecule has 0 fully saturated rings. The first-order valence-corrected chi connectivity index (χ1v) is 8.60. The molecule has 0 bridgehead atoms. The van der Waals surface area contributed by atoms with Gasteiger partial charge in [0.25, 0.3) is 0 Å². The summed E-state index contributed by atoms with van der Waals surface area (Å²) in [6.45, 7) is 2.02. The first-order valence-electron chi connectivity index (χ1n) is 8.60. The number of nitrogens with one attached hydrogen (secondary N) is 1. The smallest absolute Gasteiger partial charge is 0.248 e. The molecule has 4 nitrogen and oxygen atoms in total. The second-order valence-electron chi connectivity index (χ2n) is 6.31. The Morgan fingerprint density at radius 1 is 1.04 bits per heavy atom. The van der Waals surface area contributed by atoms with E-state index in [9.17, 15) is 4.79 Å². The zero-order valence-corrected chi connectivity index (χ0v) is 15.3. The molecule has 3 rings (SSSR count). The molecule has 1 N–H and O–H groups in total. The van der Waals surface area contributed by atoms with Crippen LogP contribution in [0.25, 0.3) is 6.08 Å². The monoisotopic (exact) mass is 349 g/mol. The largest absolute Gasteiger partial charge is 0.493 e. The van der Waals surface area contributed by atoms with Crippen molar-refractivity contribution in [3.63, 3.8) is 0 Å². The van der Waals surface area contributed by atoms with E-state index >= 15 is 0 Å². The molecule has 4 heteroatoms. The minimum Gasteiger partial charge on any atom is -0.493 e. The highest BCUT2D eigenvalue weighted by Gasteiger charge is 2.14. The first-order chi connectivity index (χ1) is 12.6. The van der Waals surface area contributed by atoms with Crippen LogP contribution in [-0.2, 0) is 11.2 Å². The number of aryl methyl sites for hydroxylation is 2. The summed E-state index contributed by atoms with van der Waals surface area (Å²) < 4.78 is 10.7. The van der Waals surface area contributed by atoms with Crippen LogP contribution in [0.3, 0.4) is 0 Å². The molecule has 0 aromatic heterocycles. The van der Waals surface area contributed by atoms with Gasteiger partial charge >= 0.3 is 0 Å². The van der Waals surface area contributed by atoms with Gasteiger partial charge < -0.3 is 14.8 Å². The van der Waals surface area contributed by atoms with Crippen LogP contribution in [0.2, 0.25) is 0 Å². The third-order valence-corrected chi connectivity index (χ3v) is 4.44. The molecule has 0 saturated heterocycles. The summed E-state index contributed by atoms with van der Waals surface area (Å²) >= 11 is 0. The molecular weight excluding hydrogens is 326 g/mol. The van der Waals surface area contributed by atoms with E-state index in [0.29, 0.717) is 5.75 Å². The number of carbonyl (C=O) groups excluding carboxylic acids is 1. The SMILES string of the molecule is COc1cc2c(cc1OC)CCC(C=CC(=O)Nc1ccc(C)cc1)=C2. The minimum absolute atomic E-state index is 0.132. The lowest BCUT2D eigenvalue weighted by Gasteiger charge is -2.17. The van der Waals surface area contributed by atoms with E-state index in [0.717, 1.165) is 41.0 Å². The predicted molar refractivity (Wildman–Crippen MR) is 105 cm³/mol. The highest BCUT2D eigenvalue weighted by atomic mass is 16.5. The van der Waals surface area contributed by atoms with E-state index in [1.54, 1.807) is 20.3 Å². The number of allylic oxidation sites excluding steroid dienone is 2. The van der Waals surface area contributed by atoms with Crippen molar-refractivity contribution in [1.29, 1.82) is 0 Å². The van der Waals surface area contributed by atoms with Crippen LogP contribution < -0.4 is 14.8 Å². The van der Waals surface area contributed by atoms with E-state index in [-0.39, 0.29) is 5.91 Å². The van der Waals surface area contributed by atoms with Gasteiger partial charge in [0.2, 0.25) is 5.91 Å². The lowest BCUT2D eigenvalue weighted by Crippen LogP contribution is -2.08. The average Bonchev–Trinajstić information content (AvgIpc) is 2.66. The van der Waals surface area contributed by atoms with Crippen LogP contribution in [0, 0.1) is 6.92 Å². The normalized spacial score (nSPS) is 13.1. The van der Waals surface area contributed by atoms with Crippen molar-refractivity contribution in [3.8, 4) is 11.5 Å². The summed E-state index contributed by atoms with van der Waals surface area (Å²) in [6.07, 6.45) is 7.35. The number of rotatable bonds is 5. The van der Waals surface area contributed by atoms with Gasteiger partial charge in [-0.05, 0) is 60.7 Å². The molecule has 134 valence electrons. The average molecular weight is 349 g/mol. The van der Waals surface area contributed by atoms with Crippen molar-refractivity contribution in [2.24, 2.45) is 0 Å². The zero-order valence-electron chi connectivity index (χ0n) is 15.3. The highest BCUT2D eigenvalue weighted by molar-refractivity contribution is 5.99. The molecule has 0 radical (unpaired) electrons. The second-order valence-corrected chi connectivity index (χ2v) is 6.31. The maximum atomic E-state index is 12.1. The second kappa shape index (κ2) is 7.91. The fraction of sp³-hybridized carbons (Fsp3) is 0.227. The molecular formula is C22H23NO3. The van der Waals surface area contributed by atoms with Crippen LogP contribution in [0.5, 0.6) is 11.5 Å². The topological polar surface area (TPSA) is 47.6 Å². The number of carbonyl (C=O) groups is 1. The Kier molecular flexibility index (Phi) is 5.42. The third-order valence-electron chi connectivity index (χ3n) is 4.44. The molecule has 2 aromatic carbocycles. The molecule has 0 saturated carbocycles. The molecule has 0 atom stereocenters. The maximum absolute atomic E-state index is 12.1. The van der Waals surface area contributed by atoms with Gasteiger partial charge in [-0.15, -0.1) is 0 Å². The van der Waals surface area contributed by atoms with Gasteiger partial charge in [0.05, 0.1) is 14.2 Å². The molecule has 26 heavy (non-hydrogen) atoms. The van der Waals surface area contributed by atoms with Crippen molar-refractivity contribution >= 4 is 17.7 Å². The van der Waals surface area contributed by atoms with Crippen molar-refractivity contribution in [3.05, 3.63) is 70.8 Å². The highest BCUT2D eigenvalue weighted by Crippen LogP contribution is 2.35. The number of benzene rings is 2. The number of ether oxygens (including phenoxy) is 2. The summed E-state index contributed by atoms with van der Waals surface area (Å²) in [6, 6.07) is 11.7. The molecule has 0 heterocycles. The molecule has 1 amide bonds. The van der Waals surface area contributed by atoms with Gasteiger partial charge in [-0.2, -0.15) is 0 Å². The minimum atomic E-state index is -0.132. The van der Waals surface area contributed by atoms with Crippen LogP contribution in [-0.4, -0.2) is 20.1 Å². The van der Waals surface area contributed by atoms with Gasteiger partial charge in [-0.25, -0.2) is 0 Å². The Balaban J connectivity index is 1.72. The predicted octanol–water partition coefficient (Wildman–Crippen LogP) is 4.54. The molecule has 1 aliphatic carbocycles. The van der Waals surface area contributed by atoms with Crippen LogP contribution >= 0.6 is 0 Å². The van der Waals surface area contributed by atoms with Crippen LogP contribution in [0.4, 0.5) is 5.69 Å². The lowest BCUT2D eigenvalue weighted by molar-refractivity contribution is -0.111. The van der Waals surface area contributed by atoms with E-state index in [4.69, 9.17) is 9.47 Å². The van der Waals surface area contributed by atoms with Crippen molar-refractivity contribution in [2.45, 2.75) is 19.8 Å². The van der Waals surface area contributed by atoms with E-state index in [1.807, 2.05) is 49.4 Å². The summed E-state index contributed by atoms with van der Waals surface area (Å²) in [5.74, 6) is 1.33. The molecule has 2 aromatic rings. The van der Waals surface area contributed by atoms with Gasteiger partial charge in [0.1, 0.15) is 0 Å². The zero-order chi connectivity index (χ0) is 18.5. The molecule has 0 unspecified atom stereocenters. The van der Waals surface area contributed by atoms with Gasteiger partial charge in [0.15, 0.2) is 11.5 Å². The Labute approximate surface area is 154 Å². The quantitative estimate of drug-likeness (QED) is 0.807. The standard InChI is InChI=1S/C22H23NO3/c1-15-4-9-19(10-5-15)23-22(24)11-7-16-6-8-17-13-20(25-2)21(26-3)14-18(17)12-16/h4-5,7,9-14H,6,8H2,1-3H3,(H,23,24). The number of methoxy groups -OCH3 is 2. The van der Waals surface area contributed by atoms with Crippen molar-refractivity contribution in [1.82, 2.24) is 0 Å². The van der Waals surface area contributed by atoms with Crippen LogP contribution in [0.15, 0.2) is 54.1 Å². The fourth-order valence-corrected chi connectivity index (χ4v) is 2.97. The van der Waals surface area contributed by atoms with Crippen LogP contribution in [0.1, 0.15) is 23.1 Å². The number of hydrogen-bond acceptors (Lipinski definition) is 3. The maximum Gasteiger partial charge on any atom is 0.248 e. The summed E-state index contributed by atoms with van der Waals surface area (Å²) in [5.41, 5.74) is 5.40. The molecule has 1 aliphatic rings.